The van der Waals surface area contributed by atoms with Crippen LogP contribution >= 0.6 is 0 Å². The number of fused-ring (bicyclic) bond motifs is 2. The van der Waals surface area contributed by atoms with Crippen molar-refractivity contribution in [3.63, 3.8) is 0 Å². The first kappa shape index (κ1) is 28.9. The standard InChI is InChI=1S/C34H41N7O2/c1-4-31(42)41-20-19-40(21-26(41)15-16-35)33-28-13-8-18-39(30-14-6-11-25-10-5-9-24(2)32(25)30)22-29(28)36-34(37-33)43-23-27-12-7-17-38(27)3/h4-6,9-11,14,26-27H,1,7-8,12-13,15,17-23H2,2-3H3/t26-,27+/m1/s1. The van der Waals surface area contributed by atoms with Crippen LogP contribution in [0.25, 0.3) is 10.8 Å². The second kappa shape index (κ2) is 12.6. The number of likely N-dealkylation sites (N-methyl/N-ethyl adjacent to an activating group) is 1. The lowest BCUT2D eigenvalue weighted by Gasteiger charge is -2.41. The van der Waals surface area contributed by atoms with Crippen LogP contribution in [0.2, 0.25) is 0 Å². The maximum atomic E-state index is 12.6. The molecule has 43 heavy (non-hydrogen) atoms. The number of benzene rings is 2. The van der Waals surface area contributed by atoms with Gasteiger partial charge in [-0.15, -0.1) is 0 Å². The van der Waals surface area contributed by atoms with Gasteiger partial charge in [-0.2, -0.15) is 15.2 Å². The number of aryl methyl sites for hydroxylation is 1. The lowest BCUT2D eigenvalue weighted by atomic mass is 10.0. The van der Waals surface area contributed by atoms with Crippen LogP contribution in [0.3, 0.4) is 0 Å². The van der Waals surface area contributed by atoms with E-state index in [0.717, 1.165) is 49.4 Å². The maximum Gasteiger partial charge on any atom is 0.318 e. The van der Waals surface area contributed by atoms with Crippen molar-refractivity contribution in [3.05, 3.63) is 65.9 Å². The molecule has 2 aromatic carbocycles. The van der Waals surface area contributed by atoms with Gasteiger partial charge in [0, 0.05) is 48.9 Å². The Labute approximate surface area is 254 Å². The minimum absolute atomic E-state index is 0.132. The van der Waals surface area contributed by atoms with Crippen LogP contribution in [-0.4, -0.2) is 84.1 Å². The van der Waals surface area contributed by atoms with Crippen LogP contribution in [0.4, 0.5) is 11.5 Å². The Hall–Kier alpha value is -4.16. The highest BCUT2D eigenvalue weighted by atomic mass is 16.5. The zero-order chi connectivity index (χ0) is 29.9. The average Bonchev–Trinajstić information content (AvgIpc) is 3.31. The second-order valence-electron chi connectivity index (χ2n) is 12.0. The molecule has 2 fully saturated rings. The summed E-state index contributed by atoms with van der Waals surface area (Å²) >= 11 is 0. The number of nitriles is 1. The number of hydrogen-bond donors (Lipinski definition) is 0. The second-order valence-corrected chi connectivity index (χ2v) is 12.0. The topological polar surface area (TPSA) is 88.8 Å². The molecule has 0 N–H and O–H groups in total. The van der Waals surface area contributed by atoms with E-state index in [1.165, 1.54) is 34.5 Å². The summed E-state index contributed by atoms with van der Waals surface area (Å²) in [5.41, 5.74) is 4.62. The molecule has 0 spiro atoms. The molecule has 0 saturated carbocycles. The van der Waals surface area contributed by atoms with Gasteiger partial charge in [0.05, 0.1) is 30.8 Å². The van der Waals surface area contributed by atoms with Gasteiger partial charge < -0.3 is 24.3 Å². The molecule has 3 aliphatic rings. The summed E-state index contributed by atoms with van der Waals surface area (Å²) in [6, 6.07) is 15.8. The van der Waals surface area contributed by atoms with Crippen molar-refractivity contribution in [1.29, 1.82) is 5.26 Å². The van der Waals surface area contributed by atoms with Gasteiger partial charge >= 0.3 is 6.01 Å². The number of carbonyl (C=O) groups excluding carboxylic acids is 1. The first-order valence-electron chi connectivity index (χ1n) is 15.5. The van der Waals surface area contributed by atoms with Gasteiger partial charge in [-0.1, -0.05) is 36.9 Å². The number of nitrogens with zero attached hydrogens (tertiary/aromatic N) is 7. The van der Waals surface area contributed by atoms with E-state index in [1.54, 1.807) is 4.90 Å². The van der Waals surface area contributed by atoms with Gasteiger partial charge in [-0.05, 0) is 69.3 Å². The number of carbonyl (C=O) groups is 1. The number of anilines is 2. The number of aromatic nitrogens is 2. The van der Waals surface area contributed by atoms with Gasteiger partial charge in [0.1, 0.15) is 12.4 Å². The summed E-state index contributed by atoms with van der Waals surface area (Å²) in [6.07, 6.45) is 5.70. The van der Waals surface area contributed by atoms with E-state index >= 15 is 0 Å². The Morgan fingerprint density at radius 2 is 1.93 bits per heavy atom. The molecule has 224 valence electrons. The molecule has 3 aliphatic heterocycles. The van der Waals surface area contributed by atoms with E-state index in [9.17, 15) is 10.1 Å². The van der Waals surface area contributed by atoms with Gasteiger partial charge in [-0.3, -0.25) is 4.79 Å². The summed E-state index contributed by atoms with van der Waals surface area (Å²) in [5, 5.41) is 12.1. The van der Waals surface area contributed by atoms with Gasteiger partial charge in [0.2, 0.25) is 5.91 Å². The number of ether oxygens (including phenoxy) is 1. The molecule has 9 nitrogen and oxygen atoms in total. The van der Waals surface area contributed by atoms with Gasteiger partial charge in [-0.25, -0.2) is 0 Å². The predicted octanol–water partition coefficient (Wildman–Crippen LogP) is 4.48. The molecule has 0 unspecified atom stereocenters. The molecule has 3 aromatic rings. The average molecular weight is 580 g/mol. The van der Waals surface area contributed by atoms with Gasteiger partial charge in [0.15, 0.2) is 0 Å². The molecular weight excluding hydrogens is 538 g/mol. The minimum atomic E-state index is -0.229. The van der Waals surface area contributed by atoms with Crippen molar-refractivity contribution in [2.45, 2.75) is 57.7 Å². The van der Waals surface area contributed by atoms with Crippen molar-refractivity contribution < 1.29 is 9.53 Å². The summed E-state index contributed by atoms with van der Waals surface area (Å²) in [4.78, 5) is 31.5. The molecule has 9 heteroatoms. The predicted molar refractivity (Wildman–Crippen MR) is 169 cm³/mol. The van der Waals surface area contributed by atoms with Crippen LogP contribution in [0, 0.1) is 18.3 Å². The van der Waals surface area contributed by atoms with Crippen molar-refractivity contribution in [2.75, 3.05) is 56.2 Å². The van der Waals surface area contributed by atoms with Crippen molar-refractivity contribution in [3.8, 4) is 12.1 Å². The zero-order valence-corrected chi connectivity index (χ0v) is 25.3. The number of rotatable bonds is 7. The van der Waals surface area contributed by atoms with E-state index in [1.807, 2.05) is 0 Å². The zero-order valence-electron chi connectivity index (χ0n) is 25.3. The molecule has 1 amide bonds. The number of likely N-dealkylation sites (tertiary alicyclic amines) is 1. The molecule has 4 heterocycles. The van der Waals surface area contributed by atoms with Crippen LogP contribution in [0.1, 0.15) is 42.5 Å². The molecule has 2 atom stereocenters. The van der Waals surface area contributed by atoms with Crippen LogP contribution < -0.4 is 14.5 Å². The third-order valence-corrected chi connectivity index (χ3v) is 9.32. The lowest BCUT2D eigenvalue weighted by Crippen LogP contribution is -2.55. The number of hydrogen-bond acceptors (Lipinski definition) is 8. The molecular formula is C34H41N7O2. The Balaban J connectivity index is 1.36. The van der Waals surface area contributed by atoms with Crippen LogP contribution in [0.15, 0.2) is 49.1 Å². The number of piperazine rings is 1. The lowest BCUT2D eigenvalue weighted by molar-refractivity contribution is -0.128. The SMILES string of the molecule is C=CC(=O)N1CCN(c2nc(OC[C@@H]3CCCN3C)nc3c2CCCN(c2cccc4cccc(C)c24)C3)C[C@H]1CC#N. The normalized spacial score (nSPS) is 20.9. The van der Waals surface area contributed by atoms with Crippen molar-refractivity contribution in [1.82, 2.24) is 19.8 Å². The Kier molecular flexibility index (Phi) is 8.48. The summed E-state index contributed by atoms with van der Waals surface area (Å²) in [5.74, 6) is 0.747. The molecule has 0 bridgehead atoms. The highest BCUT2D eigenvalue weighted by molar-refractivity contribution is 5.97. The van der Waals surface area contributed by atoms with Crippen molar-refractivity contribution >= 4 is 28.2 Å². The first-order chi connectivity index (χ1) is 21.0. The Bertz CT molecular complexity index is 1540. The fourth-order valence-corrected chi connectivity index (χ4v) is 6.98. The van der Waals surface area contributed by atoms with E-state index in [2.05, 4.69) is 77.7 Å². The monoisotopic (exact) mass is 579 g/mol. The highest BCUT2D eigenvalue weighted by Crippen LogP contribution is 2.35. The van der Waals surface area contributed by atoms with E-state index in [4.69, 9.17) is 14.7 Å². The fourth-order valence-electron chi connectivity index (χ4n) is 6.98. The Morgan fingerprint density at radius 3 is 2.70 bits per heavy atom. The van der Waals surface area contributed by atoms with E-state index in [0.29, 0.717) is 44.8 Å². The Morgan fingerprint density at radius 1 is 1.09 bits per heavy atom. The molecule has 1 aromatic heterocycles. The minimum Gasteiger partial charge on any atom is -0.462 e. The first-order valence-corrected chi connectivity index (χ1v) is 15.5. The molecule has 0 radical (unpaired) electrons. The van der Waals surface area contributed by atoms with Crippen LogP contribution in [0.5, 0.6) is 6.01 Å². The smallest absolute Gasteiger partial charge is 0.318 e. The maximum absolute atomic E-state index is 12.6. The number of amides is 1. The van der Waals surface area contributed by atoms with Gasteiger partial charge in [0.25, 0.3) is 0 Å². The van der Waals surface area contributed by atoms with E-state index in [-0.39, 0.29) is 18.4 Å². The third kappa shape index (κ3) is 5.89. The van der Waals surface area contributed by atoms with Crippen LogP contribution in [-0.2, 0) is 17.8 Å². The van der Waals surface area contributed by atoms with Crippen molar-refractivity contribution in [2.24, 2.45) is 0 Å². The summed E-state index contributed by atoms with van der Waals surface area (Å²) in [6.45, 7) is 10.7. The molecule has 6 rings (SSSR count). The fraction of sp³-hybridized carbons (Fsp3) is 0.471. The largest absolute Gasteiger partial charge is 0.462 e. The highest BCUT2D eigenvalue weighted by Gasteiger charge is 2.33. The molecule has 0 aliphatic carbocycles. The third-order valence-electron chi connectivity index (χ3n) is 9.32. The quantitative estimate of drug-likeness (QED) is 0.379. The molecule has 2 saturated heterocycles. The summed E-state index contributed by atoms with van der Waals surface area (Å²) < 4.78 is 6.34. The summed E-state index contributed by atoms with van der Waals surface area (Å²) in [7, 11) is 2.15. The van der Waals surface area contributed by atoms with E-state index < -0.39 is 0 Å².